The molecule has 4 rings (SSSR count). The highest BCUT2D eigenvalue weighted by atomic mass is 16.5. The van der Waals surface area contributed by atoms with Crippen molar-refractivity contribution in [3.8, 4) is 0 Å². The number of benzene rings is 1. The summed E-state index contributed by atoms with van der Waals surface area (Å²) in [5.74, 6) is 0. The molecule has 0 amide bonds. The Balaban J connectivity index is 1.43. The van der Waals surface area contributed by atoms with Crippen molar-refractivity contribution >= 4 is 0 Å². The summed E-state index contributed by atoms with van der Waals surface area (Å²) in [4.78, 5) is 5.23. The zero-order valence-corrected chi connectivity index (χ0v) is 14.5. The van der Waals surface area contributed by atoms with Crippen LogP contribution < -0.4 is 0 Å². The first kappa shape index (κ1) is 15.6. The predicted octanol–water partition coefficient (Wildman–Crippen LogP) is 2.76. The largest absolute Gasteiger partial charge is 0.380 e. The molecule has 0 N–H and O–H groups in total. The van der Waals surface area contributed by atoms with Crippen LogP contribution in [-0.4, -0.2) is 62.8 Å². The Hall–Kier alpha value is -0.900. The molecule has 0 radical (unpaired) electrons. The first-order chi connectivity index (χ1) is 11.2. The molecule has 0 aliphatic carbocycles. The molecule has 3 aliphatic heterocycles. The highest BCUT2D eigenvalue weighted by Gasteiger charge is 2.43. The van der Waals surface area contributed by atoms with E-state index in [4.69, 9.17) is 4.74 Å². The summed E-state index contributed by atoms with van der Waals surface area (Å²) in [6.07, 6.45) is 5.33. The summed E-state index contributed by atoms with van der Waals surface area (Å²) in [7, 11) is 2.28. The minimum Gasteiger partial charge on any atom is -0.380 e. The van der Waals surface area contributed by atoms with E-state index in [-0.39, 0.29) is 5.41 Å². The van der Waals surface area contributed by atoms with Crippen molar-refractivity contribution in [2.45, 2.75) is 31.1 Å². The average Bonchev–Trinajstić information content (AvgIpc) is 3.19. The minimum absolute atomic E-state index is 0.220. The summed E-state index contributed by atoms with van der Waals surface area (Å²) >= 11 is 0. The van der Waals surface area contributed by atoms with E-state index in [1.54, 1.807) is 0 Å². The fourth-order valence-electron chi connectivity index (χ4n) is 5.02. The fourth-order valence-corrected chi connectivity index (χ4v) is 5.02. The molecule has 1 atom stereocenters. The molecule has 3 saturated heterocycles. The molecule has 3 heteroatoms. The number of likely N-dealkylation sites (tertiary alicyclic amines) is 2. The van der Waals surface area contributed by atoms with E-state index in [9.17, 15) is 0 Å². The molecule has 23 heavy (non-hydrogen) atoms. The number of hydrogen-bond acceptors (Lipinski definition) is 3. The lowest BCUT2D eigenvalue weighted by molar-refractivity contribution is 0.0840. The van der Waals surface area contributed by atoms with Gasteiger partial charge in [-0.25, -0.2) is 0 Å². The molecular weight excluding hydrogens is 284 g/mol. The van der Waals surface area contributed by atoms with Crippen LogP contribution in [0.3, 0.4) is 0 Å². The Morgan fingerprint density at radius 3 is 2.35 bits per heavy atom. The molecule has 1 spiro atoms. The fraction of sp³-hybridized carbons (Fsp3) is 0.700. The topological polar surface area (TPSA) is 15.7 Å². The summed E-state index contributed by atoms with van der Waals surface area (Å²) in [5, 5.41) is 0. The molecule has 0 unspecified atom stereocenters. The van der Waals surface area contributed by atoms with Gasteiger partial charge in [-0.15, -0.1) is 0 Å². The van der Waals surface area contributed by atoms with Gasteiger partial charge in [0.15, 0.2) is 0 Å². The van der Waals surface area contributed by atoms with E-state index in [0.29, 0.717) is 5.41 Å². The first-order valence-corrected chi connectivity index (χ1v) is 9.24. The highest BCUT2D eigenvalue weighted by molar-refractivity contribution is 5.27. The average molecular weight is 314 g/mol. The smallest absolute Gasteiger partial charge is 0.0576 e. The van der Waals surface area contributed by atoms with Gasteiger partial charge >= 0.3 is 0 Å². The van der Waals surface area contributed by atoms with Gasteiger partial charge in [0.05, 0.1) is 6.61 Å². The molecule has 1 aromatic carbocycles. The van der Waals surface area contributed by atoms with Gasteiger partial charge in [-0.05, 0) is 63.3 Å². The molecule has 1 aromatic rings. The van der Waals surface area contributed by atoms with Gasteiger partial charge in [0.1, 0.15) is 0 Å². The van der Waals surface area contributed by atoms with E-state index in [1.807, 2.05) is 0 Å². The Labute approximate surface area is 140 Å². The maximum Gasteiger partial charge on any atom is 0.0576 e. The van der Waals surface area contributed by atoms with Crippen molar-refractivity contribution in [1.82, 2.24) is 9.80 Å². The standard InChI is InChI=1S/C20H30N2O/c1-21-11-7-19(15-21)8-12-22(13-9-19)16-20(10-14-23-17-20)18-5-3-2-4-6-18/h2-6H,7-17H2,1H3/t20-/m0/s1. The molecule has 0 aromatic heterocycles. The lowest BCUT2D eigenvalue weighted by Gasteiger charge is -2.42. The van der Waals surface area contributed by atoms with Crippen molar-refractivity contribution in [3.05, 3.63) is 35.9 Å². The Kier molecular flexibility index (Phi) is 4.21. The van der Waals surface area contributed by atoms with Gasteiger partial charge in [-0.3, -0.25) is 0 Å². The Bertz CT molecular complexity index is 516. The van der Waals surface area contributed by atoms with E-state index in [1.165, 1.54) is 64.0 Å². The monoisotopic (exact) mass is 314 g/mol. The van der Waals surface area contributed by atoms with E-state index in [0.717, 1.165) is 13.2 Å². The third kappa shape index (κ3) is 3.07. The number of hydrogen-bond donors (Lipinski definition) is 0. The summed E-state index contributed by atoms with van der Waals surface area (Å²) < 4.78 is 5.83. The van der Waals surface area contributed by atoms with E-state index in [2.05, 4.69) is 47.2 Å². The first-order valence-electron chi connectivity index (χ1n) is 9.24. The van der Waals surface area contributed by atoms with E-state index >= 15 is 0 Å². The maximum absolute atomic E-state index is 5.83. The van der Waals surface area contributed by atoms with Crippen LogP contribution in [0.1, 0.15) is 31.2 Å². The van der Waals surface area contributed by atoms with E-state index < -0.39 is 0 Å². The summed E-state index contributed by atoms with van der Waals surface area (Å²) in [5.41, 5.74) is 2.31. The van der Waals surface area contributed by atoms with Crippen molar-refractivity contribution < 1.29 is 4.74 Å². The van der Waals surface area contributed by atoms with Crippen LogP contribution in [0.15, 0.2) is 30.3 Å². The van der Waals surface area contributed by atoms with Crippen LogP contribution in [0.5, 0.6) is 0 Å². The quantitative estimate of drug-likeness (QED) is 0.853. The van der Waals surface area contributed by atoms with Gasteiger partial charge in [0, 0.05) is 25.1 Å². The van der Waals surface area contributed by atoms with Crippen LogP contribution in [0.25, 0.3) is 0 Å². The van der Waals surface area contributed by atoms with Crippen LogP contribution in [-0.2, 0) is 10.2 Å². The summed E-state index contributed by atoms with van der Waals surface area (Å²) in [6.45, 7) is 8.11. The van der Waals surface area contributed by atoms with Crippen molar-refractivity contribution in [3.63, 3.8) is 0 Å². The summed E-state index contributed by atoms with van der Waals surface area (Å²) in [6, 6.07) is 11.1. The number of rotatable bonds is 3. The van der Waals surface area contributed by atoms with Crippen molar-refractivity contribution in [2.24, 2.45) is 5.41 Å². The van der Waals surface area contributed by atoms with Crippen molar-refractivity contribution in [2.75, 3.05) is 53.0 Å². The third-order valence-electron chi connectivity index (χ3n) is 6.56. The zero-order chi connectivity index (χ0) is 15.8. The predicted molar refractivity (Wildman–Crippen MR) is 93.8 cm³/mol. The Morgan fingerprint density at radius 2 is 1.74 bits per heavy atom. The second-order valence-corrected chi connectivity index (χ2v) is 8.21. The van der Waals surface area contributed by atoms with Crippen LogP contribution in [0, 0.1) is 5.41 Å². The molecule has 0 saturated carbocycles. The maximum atomic E-state index is 5.83. The SMILES string of the molecule is CN1CCC2(CCN(C[C@@]3(c4ccccc4)CCOC3)CC2)C1. The van der Waals surface area contributed by atoms with Gasteiger partial charge in [-0.1, -0.05) is 30.3 Å². The molecule has 3 nitrogen and oxygen atoms in total. The lowest BCUT2D eigenvalue weighted by Crippen LogP contribution is -2.47. The highest BCUT2D eigenvalue weighted by Crippen LogP contribution is 2.41. The molecular formula is C20H30N2O. The van der Waals surface area contributed by atoms with Crippen LogP contribution in [0.4, 0.5) is 0 Å². The lowest BCUT2D eigenvalue weighted by atomic mass is 9.75. The number of ether oxygens (including phenoxy) is 1. The molecule has 3 heterocycles. The van der Waals surface area contributed by atoms with Crippen molar-refractivity contribution in [1.29, 1.82) is 0 Å². The third-order valence-corrected chi connectivity index (χ3v) is 6.56. The minimum atomic E-state index is 0.220. The van der Waals surface area contributed by atoms with Crippen LogP contribution in [0.2, 0.25) is 0 Å². The normalized spacial score (nSPS) is 31.9. The van der Waals surface area contributed by atoms with Gasteiger partial charge in [0.2, 0.25) is 0 Å². The molecule has 0 bridgehead atoms. The Morgan fingerprint density at radius 1 is 1.00 bits per heavy atom. The molecule has 126 valence electrons. The van der Waals surface area contributed by atoms with Gasteiger partial charge in [-0.2, -0.15) is 0 Å². The second-order valence-electron chi connectivity index (χ2n) is 8.21. The van der Waals surface area contributed by atoms with Gasteiger partial charge in [0.25, 0.3) is 0 Å². The molecule has 3 fully saturated rings. The van der Waals surface area contributed by atoms with Crippen LogP contribution >= 0.6 is 0 Å². The second kappa shape index (κ2) is 6.19. The number of piperidine rings is 1. The zero-order valence-electron chi connectivity index (χ0n) is 14.5. The number of nitrogens with zero attached hydrogens (tertiary/aromatic N) is 2. The van der Waals surface area contributed by atoms with Gasteiger partial charge < -0.3 is 14.5 Å². The molecule has 3 aliphatic rings.